The maximum absolute atomic E-state index is 12.8. The molecule has 4 nitrogen and oxygen atoms in total. The predicted octanol–water partition coefficient (Wildman–Crippen LogP) is 6.41. The molecule has 0 heterocycles. The summed E-state index contributed by atoms with van der Waals surface area (Å²) in [6, 6.07) is 22.0. The van der Waals surface area contributed by atoms with Crippen molar-refractivity contribution in [2.75, 3.05) is 10.6 Å². The van der Waals surface area contributed by atoms with Gasteiger partial charge in [0.25, 0.3) is 5.91 Å². The first-order valence-electron chi connectivity index (χ1n) is 9.66. The number of carbonyl (C=O) groups excluding carboxylic acids is 2. The van der Waals surface area contributed by atoms with Gasteiger partial charge in [0.1, 0.15) is 0 Å². The topological polar surface area (TPSA) is 58.2 Å². The first-order valence-corrected chi connectivity index (χ1v) is 10.9. The van der Waals surface area contributed by atoms with Crippen LogP contribution < -0.4 is 10.6 Å². The summed E-state index contributed by atoms with van der Waals surface area (Å²) in [5.41, 5.74) is 3.00. The van der Waals surface area contributed by atoms with Crippen LogP contribution in [-0.4, -0.2) is 17.1 Å². The summed E-state index contributed by atoms with van der Waals surface area (Å²) in [7, 11) is 0. The van der Waals surface area contributed by atoms with E-state index in [1.807, 2.05) is 62.4 Å². The fourth-order valence-corrected chi connectivity index (χ4v) is 4.10. The van der Waals surface area contributed by atoms with E-state index < -0.39 is 0 Å². The molecule has 3 rings (SSSR count). The number of anilines is 2. The molecule has 0 fully saturated rings. The Labute approximate surface area is 186 Å². The molecule has 3 aromatic carbocycles. The van der Waals surface area contributed by atoms with Crippen molar-refractivity contribution in [1.29, 1.82) is 0 Å². The van der Waals surface area contributed by atoms with Crippen LogP contribution in [0.5, 0.6) is 0 Å². The van der Waals surface area contributed by atoms with Crippen LogP contribution in [-0.2, 0) is 4.79 Å². The number of rotatable bonds is 7. The number of aryl methyl sites for hydroxylation is 1. The van der Waals surface area contributed by atoms with E-state index in [0.29, 0.717) is 22.7 Å². The lowest BCUT2D eigenvalue weighted by Crippen LogP contribution is -2.24. The summed E-state index contributed by atoms with van der Waals surface area (Å²) in [6.45, 7) is 3.95. The molecule has 0 aliphatic rings. The third-order valence-electron chi connectivity index (χ3n) is 4.52. The minimum Gasteiger partial charge on any atom is -0.325 e. The molecule has 0 bridgehead atoms. The normalized spacial score (nSPS) is 11.6. The lowest BCUT2D eigenvalue weighted by molar-refractivity contribution is -0.115. The van der Waals surface area contributed by atoms with E-state index in [1.165, 1.54) is 11.8 Å². The molecule has 0 aromatic heterocycles. The zero-order valence-electron chi connectivity index (χ0n) is 16.8. The van der Waals surface area contributed by atoms with Crippen LogP contribution in [0.3, 0.4) is 0 Å². The van der Waals surface area contributed by atoms with Crippen LogP contribution in [0.25, 0.3) is 0 Å². The van der Waals surface area contributed by atoms with E-state index in [1.54, 1.807) is 24.3 Å². The van der Waals surface area contributed by atoms with Gasteiger partial charge in [-0.2, -0.15) is 0 Å². The summed E-state index contributed by atoms with van der Waals surface area (Å²) < 4.78 is 0. The second-order valence-electron chi connectivity index (χ2n) is 6.81. The van der Waals surface area contributed by atoms with Gasteiger partial charge in [-0.1, -0.05) is 48.9 Å². The van der Waals surface area contributed by atoms with Crippen LogP contribution in [0.15, 0.2) is 77.7 Å². The molecular formula is C24H23ClN2O2S. The van der Waals surface area contributed by atoms with Gasteiger partial charge in [-0.05, 0) is 61.4 Å². The van der Waals surface area contributed by atoms with E-state index in [2.05, 4.69) is 10.6 Å². The average molecular weight is 439 g/mol. The van der Waals surface area contributed by atoms with Gasteiger partial charge in [0, 0.05) is 26.9 Å². The Bertz CT molecular complexity index is 1050. The number of para-hydroxylation sites is 1. The number of benzene rings is 3. The van der Waals surface area contributed by atoms with Crippen molar-refractivity contribution in [3.8, 4) is 0 Å². The molecule has 2 N–H and O–H groups in total. The van der Waals surface area contributed by atoms with Gasteiger partial charge in [-0.3, -0.25) is 9.59 Å². The largest absolute Gasteiger partial charge is 0.325 e. The molecule has 2 amide bonds. The first-order chi connectivity index (χ1) is 14.5. The van der Waals surface area contributed by atoms with E-state index in [0.717, 1.165) is 16.1 Å². The number of hydrogen-bond donors (Lipinski definition) is 2. The SMILES string of the molecule is CCC(Sc1cccc(NC(=O)c2cccc(Cl)c2)c1)C(=O)Nc1ccccc1C. The number of carbonyl (C=O) groups is 2. The Morgan fingerprint density at radius 1 is 0.967 bits per heavy atom. The lowest BCUT2D eigenvalue weighted by Gasteiger charge is -2.16. The van der Waals surface area contributed by atoms with Gasteiger partial charge in [-0.25, -0.2) is 0 Å². The molecule has 0 spiro atoms. The summed E-state index contributed by atoms with van der Waals surface area (Å²) in [6.07, 6.45) is 0.682. The number of hydrogen-bond acceptors (Lipinski definition) is 3. The Balaban J connectivity index is 1.67. The molecule has 1 atom stereocenters. The van der Waals surface area contributed by atoms with Crippen molar-refractivity contribution in [2.45, 2.75) is 30.4 Å². The number of thioether (sulfide) groups is 1. The Morgan fingerprint density at radius 3 is 2.47 bits per heavy atom. The maximum atomic E-state index is 12.8. The monoisotopic (exact) mass is 438 g/mol. The van der Waals surface area contributed by atoms with E-state index in [-0.39, 0.29) is 17.1 Å². The minimum absolute atomic E-state index is 0.0369. The highest BCUT2D eigenvalue weighted by Gasteiger charge is 2.19. The number of halogens is 1. The second kappa shape index (κ2) is 10.3. The highest BCUT2D eigenvalue weighted by Crippen LogP contribution is 2.29. The molecule has 0 radical (unpaired) electrons. The Morgan fingerprint density at radius 2 is 1.73 bits per heavy atom. The van der Waals surface area contributed by atoms with E-state index in [4.69, 9.17) is 11.6 Å². The molecule has 30 heavy (non-hydrogen) atoms. The van der Waals surface area contributed by atoms with Gasteiger partial charge in [0.05, 0.1) is 5.25 Å². The number of nitrogens with one attached hydrogen (secondary N) is 2. The van der Waals surface area contributed by atoms with Gasteiger partial charge < -0.3 is 10.6 Å². The summed E-state index contributed by atoms with van der Waals surface area (Å²) >= 11 is 7.44. The highest BCUT2D eigenvalue weighted by atomic mass is 35.5. The van der Waals surface area contributed by atoms with Crippen molar-refractivity contribution in [3.63, 3.8) is 0 Å². The Hall–Kier alpha value is -2.76. The molecule has 0 saturated heterocycles. The van der Waals surface area contributed by atoms with Crippen LogP contribution in [0, 0.1) is 6.92 Å². The molecule has 0 saturated carbocycles. The molecule has 1 unspecified atom stereocenters. The fraction of sp³-hybridized carbons (Fsp3) is 0.167. The Kier molecular flexibility index (Phi) is 7.55. The maximum Gasteiger partial charge on any atom is 0.255 e. The van der Waals surface area contributed by atoms with Crippen molar-refractivity contribution in [2.24, 2.45) is 0 Å². The smallest absolute Gasteiger partial charge is 0.255 e. The van der Waals surface area contributed by atoms with Gasteiger partial charge >= 0.3 is 0 Å². The molecule has 0 aliphatic carbocycles. The lowest BCUT2D eigenvalue weighted by atomic mass is 10.2. The quantitative estimate of drug-likeness (QED) is 0.419. The molecule has 6 heteroatoms. The standard InChI is InChI=1S/C24H23ClN2O2S/c1-3-22(24(29)27-21-13-5-4-8-16(21)2)30-20-12-7-11-19(15-20)26-23(28)17-9-6-10-18(25)14-17/h4-15,22H,3H2,1-2H3,(H,26,28)(H,27,29). The van der Waals surface area contributed by atoms with Crippen LogP contribution in [0.4, 0.5) is 11.4 Å². The average Bonchev–Trinajstić information content (AvgIpc) is 2.74. The first kappa shape index (κ1) is 21.9. The van der Waals surface area contributed by atoms with Gasteiger partial charge in [0.2, 0.25) is 5.91 Å². The zero-order chi connectivity index (χ0) is 21.5. The van der Waals surface area contributed by atoms with Gasteiger partial charge in [-0.15, -0.1) is 11.8 Å². The van der Waals surface area contributed by atoms with Crippen LogP contribution in [0.2, 0.25) is 5.02 Å². The fourth-order valence-electron chi connectivity index (χ4n) is 2.89. The second-order valence-corrected chi connectivity index (χ2v) is 8.52. The third kappa shape index (κ3) is 5.88. The van der Waals surface area contributed by atoms with E-state index >= 15 is 0 Å². The number of amides is 2. The zero-order valence-corrected chi connectivity index (χ0v) is 18.4. The van der Waals surface area contributed by atoms with Gasteiger partial charge in [0.15, 0.2) is 0 Å². The molecule has 154 valence electrons. The molecule has 0 aliphatic heterocycles. The predicted molar refractivity (Wildman–Crippen MR) is 126 cm³/mol. The third-order valence-corrected chi connectivity index (χ3v) is 6.12. The molecule has 3 aromatic rings. The van der Waals surface area contributed by atoms with Crippen molar-refractivity contribution < 1.29 is 9.59 Å². The van der Waals surface area contributed by atoms with E-state index in [9.17, 15) is 9.59 Å². The van der Waals surface area contributed by atoms with Crippen molar-refractivity contribution in [3.05, 3.63) is 88.9 Å². The van der Waals surface area contributed by atoms with Crippen molar-refractivity contribution in [1.82, 2.24) is 0 Å². The minimum atomic E-state index is -0.247. The highest BCUT2D eigenvalue weighted by molar-refractivity contribution is 8.00. The molecular weight excluding hydrogens is 416 g/mol. The summed E-state index contributed by atoms with van der Waals surface area (Å²) in [4.78, 5) is 26.1. The summed E-state index contributed by atoms with van der Waals surface area (Å²) in [5.74, 6) is -0.269. The summed E-state index contributed by atoms with van der Waals surface area (Å²) in [5, 5.41) is 6.16. The van der Waals surface area contributed by atoms with Crippen molar-refractivity contribution >= 4 is 46.6 Å². The van der Waals surface area contributed by atoms with Crippen LogP contribution >= 0.6 is 23.4 Å². The van der Waals surface area contributed by atoms with Crippen LogP contribution in [0.1, 0.15) is 29.3 Å².